The quantitative estimate of drug-likeness (QED) is 0.851. The molecule has 0 saturated carbocycles. The zero-order chi connectivity index (χ0) is 10.8. The topological polar surface area (TPSA) is 59.3 Å². The van der Waals surface area contributed by atoms with Gasteiger partial charge in [-0.3, -0.25) is 4.79 Å². The Morgan fingerprint density at radius 1 is 1.67 bits per heavy atom. The molecule has 15 heavy (non-hydrogen) atoms. The third kappa shape index (κ3) is 2.15. The Kier molecular flexibility index (Phi) is 2.68. The molecule has 80 valence electrons. The number of hydrogen-bond donors (Lipinski definition) is 1. The first-order chi connectivity index (χ1) is 7.16. The van der Waals surface area contributed by atoms with Gasteiger partial charge in [0.1, 0.15) is 11.2 Å². The van der Waals surface area contributed by atoms with Crippen molar-refractivity contribution in [3.63, 3.8) is 0 Å². The van der Waals surface area contributed by atoms with E-state index in [9.17, 15) is 4.79 Å². The summed E-state index contributed by atoms with van der Waals surface area (Å²) in [4.78, 5) is 16.5. The molecule has 1 N–H and O–H groups in total. The van der Waals surface area contributed by atoms with Gasteiger partial charge in [0.2, 0.25) is 4.96 Å². The molecule has 1 amide bonds. The average Bonchev–Trinajstić information content (AvgIpc) is 2.72. The van der Waals surface area contributed by atoms with E-state index >= 15 is 0 Å². The number of nitrogens with zero attached hydrogens (tertiary/aromatic N) is 3. The number of imidazole rings is 1. The van der Waals surface area contributed by atoms with E-state index in [1.165, 1.54) is 11.3 Å². The van der Waals surface area contributed by atoms with Crippen molar-refractivity contribution in [1.29, 1.82) is 0 Å². The fourth-order valence-corrected chi connectivity index (χ4v) is 1.74. The van der Waals surface area contributed by atoms with Crippen molar-refractivity contribution in [3.05, 3.63) is 17.4 Å². The van der Waals surface area contributed by atoms with Crippen LogP contribution in [0, 0.1) is 5.92 Å². The van der Waals surface area contributed by atoms with Crippen molar-refractivity contribution in [2.24, 2.45) is 5.92 Å². The Morgan fingerprint density at radius 3 is 3.13 bits per heavy atom. The second-order valence-electron chi connectivity index (χ2n) is 3.70. The van der Waals surface area contributed by atoms with Crippen LogP contribution in [0.5, 0.6) is 0 Å². The average molecular weight is 224 g/mol. The largest absolute Gasteiger partial charge is 0.350 e. The molecule has 0 radical (unpaired) electrons. The molecule has 2 aromatic rings. The second kappa shape index (κ2) is 3.98. The molecule has 2 heterocycles. The molecule has 2 rings (SSSR count). The van der Waals surface area contributed by atoms with Gasteiger partial charge in [0, 0.05) is 6.54 Å². The fraction of sp³-hybridized carbons (Fsp3) is 0.444. The van der Waals surface area contributed by atoms with Crippen LogP contribution in [-0.4, -0.2) is 27.0 Å². The summed E-state index contributed by atoms with van der Waals surface area (Å²) in [6, 6.07) is 0. The first kappa shape index (κ1) is 10.1. The van der Waals surface area contributed by atoms with Gasteiger partial charge in [-0.25, -0.2) is 9.50 Å². The summed E-state index contributed by atoms with van der Waals surface area (Å²) in [5, 5.41) is 6.82. The SMILES string of the molecule is CC(C)CNC(=O)c1cn2ncsc2n1. The van der Waals surface area contributed by atoms with Crippen LogP contribution in [0.4, 0.5) is 0 Å². The lowest BCUT2D eigenvalue weighted by Gasteiger charge is -2.04. The number of aromatic nitrogens is 3. The number of rotatable bonds is 3. The lowest BCUT2D eigenvalue weighted by atomic mass is 10.2. The van der Waals surface area contributed by atoms with Gasteiger partial charge in [-0.05, 0) is 5.92 Å². The standard InChI is InChI=1S/C9H12N4OS/c1-6(2)3-10-8(14)7-4-13-9(12-7)15-5-11-13/h4-6H,3H2,1-2H3,(H,10,14). The lowest BCUT2D eigenvalue weighted by molar-refractivity contribution is 0.0944. The summed E-state index contributed by atoms with van der Waals surface area (Å²) in [7, 11) is 0. The number of nitrogens with one attached hydrogen (secondary N) is 1. The molecular weight excluding hydrogens is 212 g/mol. The van der Waals surface area contributed by atoms with Crippen LogP contribution >= 0.6 is 11.3 Å². The lowest BCUT2D eigenvalue weighted by Crippen LogP contribution is -2.27. The van der Waals surface area contributed by atoms with E-state index in [0.717, 1.165) is 4.96 Å². The monoisotopic (exact) mass is 224 g/mol. The number of amides is 1. The summed E-state index contributed by atoms with van der Waals surface area (Å²) in [5.41, 5.74) is 2.12. The summed E-state index contributed by atoms with van der Waals surface area (Å²) in [6.45, 7) is 4.76. The molecule has 6 heteroatoms. The van der Waals surface area contributed by atoms with Gasteiger partial charge in [-0.2, -0.15) is 5.10 Å². The number of carbonyl (C=O) groups excluding carboxylic acids is 1. The van der Waals surface area contributed by atoms with Gasteiger partial charge >= 0.3 is 0 Å². The number of fused-ring (bicyclic) bond motifs is 1. The summed E-state index contributed by atoms with van der Waals surface area (Å²) < 4.78 is 1.61. The molecule has 5 nitrogen and oxygen atoms in total. The molecule has 0 aliphatic carbocycles. The first-order valence-electron chi connectivity index (χ1n) is 4.74. The maximum atomic E-state index is 11.6. The van der Waals surface area contributed by atoms with E-state index in [0.29, 0.717) is 18.2 Å². The van der Waals surface area contributed by atoms with Gasteiger partial charge in [0.25, 0.3) is 5.91 Å². The minimum Gasteiger partial charge on any atom is -0.350 e. The zero-order valence-corrected chi connectivity index (χ0v) is 9.41. The van der Waals surface area contributed by atoms with Crippen molar-refractivity contribution in [2.45, 2.75) is 13.8 Å². The summed E-state index contributed by atoms with van der Waals surface area (Å²) >= 11 is 1.41. The molecule has 0 fully saturated rings. The third-order valence-corrected chi connectivity index (χ3v) is 2.58. The third-order valence-electron chi connectivity index (χ3n) is 1.89. The van der Waals surface area contributed by atoms with Crippen LogP contribution in [0.3, 0.4) is 0 Å². The minimum atomic E-state index is -0.138. The van der Waals surface area contributed by atoms with Crippen LogP contribution in [-0.2, 0) is 0 Å². The van der Waals surface area contributed by atoms with Crippen molar-refractivity contribution >= 4 is 22.2 Å². The molecule has 0 bridgehead atoms. The highest BCUT2D eigenvalue weighted by molar-refractivity contribution is 7.14. The van der Waals surface area contributed by atoms with Gasteiger partial charge in [0.15, 0.2) is 0 Å². The van der Waals surface area contributed by atoms with E-state index in [4.69, 9.17) is 0 Å². The van der Waals surface area contributed by atoms with E-state index < -0.39 is 0 Å². The summed E-state index contributed by atoms with van der Waals surface area (Å²) in [5.74, 6) is 0.303. The van der Waals surface area contributed by atoms with Crippen molar-refractivity contribution in [3.8, 4) is 0 Å². The van der Waals surface area contributed by atoms with Gasteiger partial charge in [-0.1, -0.05) is 25.2 Å². The fourth-order valence-electron chi connectivity index (χ4n) is 1.14. The van der Waals surface area contributed by atoms with Crippen molar-refractivity contribution < 1.29 is 4.79 Å². The van der Waals surface area contributed by atoms with Crippen LogP contribution in [0.25, 0.3) is 4.96 Å². The Labute approximate surface area is 91.1 Å². The highest BCUT2D eigenvalue weighted by Gasteiger charge is 2.11. The van der Waals surface area contributed by atoms with Crippen molar-refractivity contribution in [2.75, 3.05) is 6.54 Å². The molecule has 0 saturated heterocycles. The smallest absolute Gasteiger partial charge is 0.271 e. The predicted molar refractivity (Wildman–Crippen MR) is 58.0 cm³/mol. The molecule has 2 aromatic heterocycles. The molecule has 0 unspecified atom stereocenters. The van der Waals surface area contributed by atoms with Gasteiger partial charge < -0.3 is 5.32 Å². The van der Waals surface area contributed by atoms with Crippen LogP contribution in [0.2, 0.25) is 0 Å². The maximum Gasteiger partial charge on any atom is 0.271 e. The minimum absolute atomic E-state index is 0.138. The molecule has 0 spiro atoms. The number of hydrogen-bond acceptors (Lipinski definition) is 4. The summed E-state index contributed by atoms with van der Waals surface area (Å²) in [6.07, 6.45) is 1.64. The highest BCUT2D eigenvalue weighted by Crippen LogP contribution is 2.08. The van der Waals surface area contributed by atoms with Crippen LogP contribution < -0.4 is 5.32 Å². The number of carbonyl (C=O) groups is 1. The normalized spacial score (nSPS) is 11.1. The predicted octanol–water partition coefficient (Wildman–Crippen LogP) is 1.18. The Bertz CT molecular complexity index is 445. The molecular formula is C9H12N4OS. The van der Waals surface area contributed by atoms with E-state index in [2.05, 4.69) is 15.4 Å². The Hall–Kier alpha value is -1.43. The first-order valence-corrected chi connectivity index (χ1v) is 5.62. The highest BCUT2D eigenvalue weighted by atomic mass is 32.1. The molecule has 0 atom stereocenters. The van der Waals surface area contributed by atoms with Crippen LogP contribution in [0.1, 0.15) is 24.3 Å². The Balaban J connectivity index is 2.10. The van der Waals surface area contributed by atoms with Gasteiger partial charge in [-0.15, -0.1) is 0 Å². The maximum absolute atomic E-state index is 11.6. The second-order valence-corrected chi connectivity index (χ2v) is 4.51. The molecule has 0 aromatic carbocycles. The van der Waals surface area contributed by atoms with E-state index in [1.54, 1.807) is 16.2 Å². The zero-order valence-electron chi connectivity index (χ0n) is 8.60. The Morgan fingerprint density at radius 2 is 2.47 bits per heavy atom. The van der Waals surface area contributed by atoms with Crippen LogP contribution in [0.15, 0.2) is 11.7 Å². The van der Waals surface area contributed by atoms with Crippen molar-refractivity contribution in [1.82, 2.24) is 19.9 Å². The molecule has 0 aliphatic rings. The molecule has 0 aliphatic heterocycles. The van der Waals surface area contributed by atoms with Gasteiger partial charge in [0.05, 0.1) is 6.20 Å². The van der Waals surface area contributed by atoms with E-state index in [-0.39, 0.29) is 5.91 Å². The van der Waals surface area contributed by atoms with E-state index in [1.807, 2.05) is 13.8 Å².